The molecule has 50 heavy (non-hydrogen) atoms. The maximum Gasteiger partial charge on any atom is 0.0714 e. The van der Waals surface area contributed by atoms with Crippen LogP contribution in [0.5, 0.6) is 0 Å². The smallest absolute Gasteiger partial charge is 0.0714 e. The highest BCUT2D eigenvalue weighted by Crippen LogP contribution is 2.61. The van der Waals surface area contributed by atoms with Crippen LogP contribution in [0.15, 0.2) is 157 Å². The molecule has 0 unspecified atom stereocenters. The summed E-state index contributed by atoms with van der Waals surface area (Å²) in [5, 5.41) is 6.35. The van der Waals surface area contributed by atoms with Crippen molar-refractivity contribution in [3.63, 3.8) is 0 Å². The van der Waals surface area contributed by atoms with Gasteiger partial charge in [-0.05, 0) is 121 Å². The second kappa shape index (κ2) is 12.7. The Balaban J connectivity index is 0.00000116. The van der Waals surface area contributed by atoms with Gasteiger partial charge in [0.25, 0.3) is 0 Å². The number of fused-ring (bicyclic) bond motifs is 8. The molecule has 2 aliphatic rings. The Morgan fingerprint density at radius 2 is 1.10 bits per heavy atom. The largest absolute Gasteiger partial charge is 0.356 e. The van der Waals surface area contributed by atoms with Crippen LogP contribution in [-0.2, 0) is 10.8 Å². The fourth-order valence-corrected chi connectivity index (χ4v) is 8.81. The zero-order chi connectivity index (χ0) is 34.5. The number of thioether (sulfide) groups is 1. The number of hydrogen-bond donors (Lipinski definition) is 1. The summed E-state index contributed by atoms with van der Waals surface area (Å²) in [6, 6.07) is 56.6. The maximum absolute atomic E-state index is 3.73. The van der Waals surface area contributed by atoms with Gasteiger partial charge >= 0.3 is 0 Å². The van der Waals surface area contributed by atoms with Crippen molar-refractivity contribution in [2.24, 2.45) is 0 Å². The van der Waals surface area contributed by atoms with E-state index >= 15 is 0 Å². The number of anilines is 2. The summed E-state index contributed by atoms with van der Waals surface area (Å²) in [5.41, 5.74) is 15.0. The van der Waals surface area contributed by atoms with Crippen molar-refractivity contribution >= 4 is 33.9 Å². The van der Waals surface area contributed by atoms with E-state index in [4.69, 9.17) is 0 Å². The van der Waals surface area contributed by atoms with Crippen LogP contribution < -0.4 is 5.32 Å². The average Bonchev–Trinajstić information content (AvgIpc) is 3.57. The molecule has 0 bridgehead atoms. The molecule has 0 spiro atoms. The molecule has 0 saturated carbocycles. The van der Waals surface area contributed by atoms with Crippen LogP contribution in [0.2, 0.25) is 0 Å². The van der Waals surface area contributed by atoms with Crippen molar-refractivity contribution in [2.75, 3.05) is 11.6 Å². The third kappa shape index (κ3) is 4.92. The molecule has 2 aliphatic carbocycles. The fraction of sp³-hybridized carbons (Fsp3) is 0.167. The molecule has 0 fully saturated rings. The lowest BCUT2D eigenvalue weighted by Gasteiger charge is -2.34. The molecule has 0 amide bonds. The molecule has 0 atom stereocenters. The van der Waals surface area contributed by atoms with Crippen LogP contribution >= 0.6 is 11.8 Å². The Hall–Kier alpha value is -5.05. The summed E-state index contributed by atoms with van der Waals surface area (Å²) in [7, 11) is 0. The third-order valence-corrected chi connectivity index (χ3v) is 11.4. The van der Waals surface area contributed by atoms with Crippen LogP contribution in [0, 0.1) is 0 Å². The molecule has 7 aromatic rings. The highest BCUT2D eigenvalue weighted by Gasteiger charge is 2.48. The van der Waals surface area contributed by atoms with E-state index in [9.17, 15) is 0 Å². The van der Waals surface area contributed by atoms with Gasteiger partial charge in [-0.25, -0.2) is 0 Å². The van der Waals surface area contributed by atoms with Gasteiger partial charge in [0.15, 0.2) is 0 Å². The lowest BCUT2D eigenvalue weighted by atomic mass is 9.67. The molecule has 0 radical (unpaired) electrons. The van der Waals surface area contributed by atoms with Crippen molar-refractivity contribution < 1.29 is 0 Å². The summed E-state index contributed by atoms with van der Waals surface area (Å²) in [4.78, 5) is 1.26. The van der Waals surface area contributed by atoms with E-state index in [1.807, 2.05) is 0 Å². The van der Waals surface area contributed by atoms with E-state index < -0.39 is 5.41 Å². The summed E-state index contributed by atoms with van der Waals surface area (Å²) in [6.45, 7) is 9.04. The molecule has 2 heteroatoms. The maximum atomic E-state index is 3.73. The highest BCUT2D eigenvalue weighted by atomic mass is 32.2. The topological polar surface area (TPSA) is 12.0 Å². The minimum Gasteiger partial charge on any atom is -0.356 e. The zero-order valence-electron chi connectivity index (χ0n) is 29.5. The molecule has 246 valence electrons. The van der Waals surface area contributed by atoms with E-state index in [-0.39, 0.29) is 5.41 Å². The lowest BCUT2D eigenvalue weighted by Crippen LogP contribution is -2.28. The van der Waals surface area contributed by atoms with Crippen molar-refractivity contribution in [3.8, 4) is 22.3 Å². The Morgan fingerprint density at radius 1 is 0.520 bits per heavy atom. The van der Waals surface area contributed by atoms with Crippen LogP contribution in [-0.4, -0.2) is 6.26 Å². The fourth-order valence-electron chi connectivity index (χ4n) is 8.40. The summed E-state index contributed by atoms with van der Waals surface area (Å²) in [6.07, 6.45) is 3.37. The first-order valence-electron chi connectivity index (χ1n) is 17.8. The molecular formula is C48H43NS. The number of benzene rings is 7. The van der Waals surface area contributed by atoms with Crippen LogP contribution in [0.25, 0.3) is 33.0 Å². The average molecular weight is 666 g/mol. The Labute approximate surface area is 301 Å². The van der Waals surface area contributed by atoms with Gasteiger partial charge in [-0.3, -0.25) is 0 Å². The number of nitrogens with one attached hydrogen (secondary N) is 1. The van der Waals surface area contributed by atoms with E-state index in [1.54, 1.807) is 11.8 Å². The third-order valence-electron chi connectivity index (χ3n) is 10.6. The van der Waals surface area contributed by atoms with Gasteiger partial charge in [0, 0.05) is 21.7 Å². The van der Waals surface area contributed by atoms with E-state index in [0.29, 0.717) is 0 Å². The molecule has 7 aromatic carbocycles. The number of hydrogen-bond acceptors (Lipinski definition) is 2. The predicted molar refractivity (Wildman–Crippen MR) is 216 cm³/mol. The van der Waals surface area contributed by atoms with Gasteiger partial charge in [-0.2, -0.15) is 0 Å². The highest BCUT2D eigenvalue weighted by molar-refractivity contribution is 7.98. The standard InChI is InChI=1S/C45H35NS.C3H8/c1-44(2)39-25-18-29-12-10-11-17-35(29)43(39)38-28-42-37(27-40(38)44)36-24-21-33(46-32-19-22-34(47-3)23-20-32)26-41(36)45(42,30-13-6-4-7-14-30)31-15-8-5-9-16-31;1-3-2/h4-28,46H,1-3H3;3H2,1-2H3. The monoisotopic (exact) mass is 665 g/mol. The Morgan fingerprint density at radius 3 is 1.76 bits per heavy atom. The summed E-state index contributed by atoms with van der Waals surface area (Å²) < 4.78 is 0. The van der Waals surface area contributed by atoms with Crippen LogP contribution in [0.1, 0.15) is 67.5 Å². The zero-order valence-corrected chi connectivity index (χ0v) is 30.4. The molecule has 0 aromatic heterocycles. The van der Waals surface area contributed by atoms with Crippen LogP contribution in [0.3, 0.4) is 0 Å². The Bertz CT molecular complexity index is 2300. The second-order valence-corrected chi connectivity index (χ2v) is 15.0. The molecule has 1 N–H and O–H groups in total. The SMILES string of the molecule is CCC.CSc1ccc(Nc2ccc3c(c2)C(c2ccccc2)(c2ccccc2)c2cc4c(cc2-3)C(C)(C)c2ccc3ccccc3c2-4)cc1. The Kier molecular flexibility index (Phi) is 8.16. The normalized spacial score (nSPS) is 14.2. The summed E-state index contributed by atoms with van der Waals surface area (Å²) in [5.74, 6) is 0. The molecule has 0 heterocycles. The van der Waals surface area contributed by atoms with Gasteiger partial charge in [-0.15, -0.1) is 11.8 Å². The van der Waals surface area contributed by atoms with E-state index in [2.05, 4.69) is 191 Å². The summed E-state index contributed by atoms with van der Waals surface area (Å²) >= 11 is 1.77. The van der Waals surface area contributed by atoms with Gasteiger partial charge in [0.2, 0.25) is 0 Å². The van der Waals surface area contributed by atoms with Gasteiger partial charge in [0.1, 0.15) is 0 Å². The number of rotatable bonds is 5. The first kappa shape index (κ1) is 32.2. The van der Waals surface area contributed by atoms with Crippen molar-refractivity contribution in [2.45, 2.75) is 49.8 Å². The minimum atomic E-state index is -0.486. The molecule has 9 rings (SSSR count). The van der Waals surface area contributed by atoms with Crippen molar-refractivity contribution in [1.82, 2.24) is 0 Å². The minimum absolute atomic E-state index is 0.112. The van der Waals surface area contributed by atoms with E-state index in [1.165, 1.54) is 77.7 Å². The van der Waals surface area contributed by atoms with Gasteiger partial charge < -0.3 is 5.32 Å². The molecule has 1 nitrogen and oxygen atoms in total. The first-order valence-corrected chi connectivity index (χ1v) is 19.0. The van der Waals surface area contributed by atoms with Crippen molar-refractivity contribution in [3.05, 3.63) is 185 Å². The predicted octanol–water partition coefficient (Wildman–Crippen LogP) is 13.4. The molecular weight excluding hydrogens is 623 g/mol. The van der Waals surface area contributed by atoms with Crippen LogP contribution in [0.4, 0.5) is 11.4 Å². The van der Waals surface area contributed by atoms with Gasteiger partial charge in [0.05, 0.1) is 5.41 Å². The molecule has 0 aliphatic heterocycles. The quantitative estimate of drug-likeness (QED) is 0.184. The first-order chi connectivity index (χ1) is 24.4. The lowest BCUT2D eigenvalue weighted by molar-refractivity contribution is 0.660. The van der Waals surface area contributed by atoms with Crippen molar-refractivity contribution in [1.29, 1.82) is 0 Å². The van der Waals surface area contributed by atoms with Gasteiger partial charge in [-0.1, -0.05) is 137 Å². The van der Waals surface area contributed by atoms with E-state index in [0.717, 1.165) is 11.4 Å². The molecule has 0 saturated heterocycles. The second-order valence-electron chi connectivity index (χ2n) is 14.1.